The molecule has 1 heterocycles. The van der Waals surface area contributed by atoms with Gasteiger partial charge in [-0.15, -0.1) is 0 Å². The Kier molecular flexibility index (Phi) is 6.49. The lowest BCUT2D eigenvalue weighted by atomic mass is 10.2. The summed E-state index contributed by atoms with van der Waals surface area (Å²) in [6.45, 7) is -0.468. The Hall–Kier alpha value is -3.23. The predicted octanol–water partition coefficient (Wildman–Crippen LogP) is 3.54. The van der Waals surface area contributed by atoms with Crippen LogP contribution >= 0.6 is 23.2 Å². The van der Waals surface area contributed by atoms with E-state index >= 15 is 0 Å². The highest BCUT2D eigenvalue weighted by molar-refractivity contribution is 6.37. The van der Waals surface area contributed by atoms with Crippen molar-refractivity contribution in [2.24, 2.45) is 0 Å². The normalized spacial score (nSPS) is 14.7. The smallest absolute Gasteiger partial charge is 0.329 e. The van der Waals surface area contributed by atoms with E-state index < -0.39 is 24.4 Å². The van der Waals surface area contributed by atoms with E-state index in [2.05, 4.69) is 10.6 Å². The summed E-state index contributed by atoms with van der Waals surface area (Å²) in [5, 5.41) is 5.56. The molecule has 2 aromatic carbocycles. The van der Waals surface area contributed by atoms with Crippen LogP contribution in [0.1, 0.15) is 5.56 Å². The zero-order chi connectivity index (χ0) is 21.8. The van der Waals surface area contributed by atoms with Crippen molar-refractivity contribution in [2.45, 2.75) is 0 Å². The number of hydrogen-bond donors (Lipinski definition) is 2. The highest BCUT2D eigenvalue weighted by Gasteiger charge is 2.35. The number of ether oxygens (including phenoxy) is 2. The fourth-order valence-electron chi connectivity index (χ4n) is 2.82. The molecule has 2 aromatic rings. The van der Waals surface area contributed by atoms with E-state index in [0.29, 0.717) is 22.7 Å². The van der Waals surface area contributed by atoms with Crippen LogP contribution in [0.2, 0.25) is 10.0 Å². The number of methoxy groups -OCH3 is 2. The summed E-state index contributed by atoms with van der Waals surface area (Å²) < 4.78 is 10.2. The van der Waals surface area contributed by atoms with E-state index in [1.165, 1.54) is 32.4 Å². The molecular weight excluding hydrogens is 433 g/mol. The van der Waals surface area contributed by atoms with Gasteiger partial charge in [-0.3, -0.25) is 9.59 Å². The second-order valence-corrected chi connectivity index (χ2v) is 6.96. The maximum Gasteiger partial charge on any atom is 0.329 e. The highest BCUT2D eigenvalue weighted by Crippen LogP contribution is 2.34. The van der Waals surface area contributed by atoms with Crippen LogP contribution < -0.4 is 20.1 Å². The first-order valence-electron chi connectivity index (χ1n) is 8.64. The molecule has 156 valence electrons. The minimum absolute atomic E-state index is 0.0117. The minimum atomic E-state index is -0.716. The van der Waals surface area contributed by atoms with Crippen molar-refractivity contribution < 1.29 is 23.9 Å². The first-order chi connectivity index (χ1) is 14.3. The lowest BCUT2D eigenvalue weighted by molar-refractivity contribution is -0.127. The average Bonchev–Trinajstić information content (AvgIpc) is 2.95. The number of amides is 4. The lowest BCUT2D eigenvalue weighted by Gasteiger charge is -2.13. The molecule has 2 N–H and O–H groups in total. The molecule has 0 aliphatic carbocycles. The molecule has 1 aliphatic heterocycles. The maximum absolute atomic E-state index is 12.6. The van der Waals surface area contributed by atoms with E-state index in [-0.39, 0.29) is 15.7 Å². The predicted molar refractivity (Wildman–Crippen MR) is 113 cm³/mol. The molecule has 10 heteroatoms. The van der Waals surface area contributed by atoms with Gasteiger partial charge in [0.25, 0.3) is 5.91 Å². The topological polar surface area (TPSA) is 97.0 Å². The Morgan fingerprint density at radius 1 is 1.13 bits per heavy atom. The Balaban J connectivity index is 1.75. The molecular formula is C20H17Cl2N3O5. The van der Waals surface area contributed by atoms with Crippen LogP contribution in [0, 0.1) is 0 Å². The zero-order valence-electron chi connectivity index (χ0n) is 16.0. The number of nitrogens with zero attached hydrogens (tertiary/aromatic N) is 1. The maximum atomic E-state index is 12.6. The third kappa shape index (κ3) is 4.50. The van der Waals surface area contributed by atoms with Crippen molar-refractivity contribution in [3.63, 3.8) is 0 Å². The number of anilines is 1. The van der Waals surface area contributed by atoms with Crippen LogP contribution in [0.5, 0.6) is 11.5 Å². The molecule has 1 fully saturated rings. The number of hydrogen-bond acceptors (Lipinski definition) is 5. The van der Waals surface area contributed by atoms with E-state index in [9.17, 15) is 14.4 Å². The van der Waals surface area contributed by atoms with Crippen LogP contribution in [0.4, 0.5) is 10.5 Å². The molecule has 1 saturated heterocycles. The molecule has 3 rings (SSSR count). The Bertz CT molecular complexity index is 1030. The second-order valence-electron chi connectivity index (χ2n) is 6.15. The van der Waals surface area contributed by atoms with Crippen molar-refractivity contribution in [3.05, 3.63) is 57.7 Å². The summed E-state index contributed by atoms with van der Waals surface area (Å²) in [5.74, 6) is -0.452. The molecule has 0 saturated carbocycles. The van der Waals surface area contributed by atoms with E-state index in [1.807, 2.05) is 0 Å². The van der Waals surface area contributed by atoms with E-state index in [1.54, 1.807) is 24.3 Å². The van der Waals surface area contributed by atoms with Crippen LogP contribution in [0.25, 0.3) is 6.08 Å². The van der Waals surface area contributed by atoms with Gasteiger partial charge >= 0.3 is 6.03 Å². The molecule has 0 aromatic heterocycles. The number of benzene rings is 2. The fraction of sp³-hybridized carbons (Fsp3) is 0.150. The van der Waals surface area contributed by atoms with Crippen molar-refractivity contribution >= 4 is 52.8 Å². The Morgan fingerprint density at radius 3 is 2.43 bits per heavy atom. The summed E-state index contributed by atoms with van der Waals surface area (Å²) in [6, 6.07) is 9.15. The van der Waals surface area contributed by atoms with Gasteiger partial charge in [0.15, 0.2) is 5.75 Å². The summed E-state index contributed by atoms with van der Waals surface area (Å²) in [5.41, 5.74) is 0.896. The van der Waals surface area contributed by atoms with Gasteiger partial charge in [0.2, 0.25) is 5.91 Å². The van der Waals surface area contributed by atoms with Crippen LogP contribution in [-0.2, 0) is 9.59 Å². The van der Waals surface area contributed by atoms with Gasteiger partial charge in [0.05, 0.1) is 30.0 Å². The van der Waals surface area contributed by atoms with Gasteiger partial charge in [0, 0.05) is 0 Å². The van der Waals surface area contributed by atoms with Gasteiger partial charge in [-0.05, 0) is 35.9 Å². The fourth-order valence-corrected chi connectivity index (χ4v) is 3.48. The molecule has 0 radical (unpaired) electrons. The SMILES string of the molecule is COc1ccccc1NC(=O)CN1C(=O)N/C(=C/c2cc(Cl)c(OC)c(Cl)c2)C1=O. The lowest BCUT2D eigenvalue weighted by Crippen LogP contribution is -2.38. The monoisotopic (exact) mass is 449 g/mol. The van der Waals surface area contributed by atoms with Crippen LogP contribution in [-0.4, -0.2) is 43.5 Å². The molecule has 1 aliphatic rings. The number of carbonyl (C=O) groups is 3. The zero-order valence-corrected chi connectivity index (χ0v) is 17.5. The Labute approximate surface area is 182 Å². The number of imide groups is 1. The number of para-hydroxylation sites is 2. The third-order valence-corrected chi connectivity index (χ3v) is 4.74. The minimum Gasteiger partial charge on any atom is -0.495 e. The molecule has 4 amide bonds. The Morgan fingerprint density at radius 2 is 1.80 bits per heavy atom. The van der Waals surface area contributed by atoms with Gasteiger partial charge in [-0.25, -0.2) is 9.69 Å². The van der Waals surface area contributed by atoms with E-state index in [0.717, 1.165) is 4.90 Å². The van der Waals surface area contributed by atoms with Gasteiger partial charge in [-0.2, -0.15) is 0 Å². The van der Waals surface area contributed by atoms with Gasteiger partial charge in [0.1, 0.15) is 18.0 Å². The first kappa shape index (κ1) is 21.5. The average molecular weight is 450 g/mol. The largest absolute Gasteiger partial charge is 0.495 e. The quantitative estimate of drug-likeness (QED) is 0.519. The highest BCUT2D eigenvalue weighted by atomic mass is 35.5. The van der Waals surface area contributed by atoms with Gasteiger partial charge < -0.3 is 20.1 Å². The van der Waals surface area contributed by atoms with Gasteiger partial charge in [-0.1, -0.05) is 35.3 Å². The summed E-state index contributed by atoms with van der Waals surface area (Å²) in [4.78, 5) is 37.9. The van der Waals surface area contributed by atoms with Crippen molar-refractivity contribution in [1.82, 2.24) is 10.2 Å². The van der Waals surface area contributed by atoms with Crippen molar-refractivity contribution in [1.29, 1.82) is 0 Å². The summed E-state index contributed by atoms with van der Waals surface area (Å²) in [6.07, 6.45) is 1.41. The molecule has 30 heavy (non-hydrogen) atoms. The number of urea groups is 1. The van der Waals surface area contributed by atoms with E-state index in [4.69, 9.17) is 32.7 Å². The van der Waals surface area contributed by atoms with Crippen molar-refractivity contribution in [2.75, 3.05) is 26.1 Å². The number of rotatable bonds is 6. The van der Waals surface area contributed by atoms with Crippen LogP contribution in [0.15, 0.2) is 42.1 Å². The molecule has 0 atom stereocenters. The molecule has 0 unspecified atom stereocenters. The standard InChI is InChI=1S/C20H17Cl2N3O5/c1-29-16-6-4-3-5-14(16)23-17(26)10-25-19(27)15(24-20(25)28)9-11-7-12(21)18(30-2)13(22)8-11/h3-9H,10H2,1-2H3,(H,23,26)(H,24,28)/b15-9+. The molecule has 8 nitrogen and oxygen atoms in total. The third-order valence-electron chi connectivity index (χ3n) is 4.18. The van der Waals surface area contributed by atoms with Crippen molar-refractivity contribution in [3.8, 4) is 11.5 Å². The number of halogens is 2. The number of nitrogens with one attached hydrogen (secondary N) is 2. The first-order valence-corrected chi connectivity index (χ1v) is 9.40. The summed E-state index contributed by atoms with van der Waals surface area (Å²) in [7, 11) is 2.90. The molecule has 0 bridgehead atoms. The summed E-state index contributed by atoms with van der Waals surface area (Å²) >= 11 is 12.2. The van der Waals surface area contributed by atoms with Crippen LogP contribution in [0.3, 0.4) is 0 Å². The molecule has 0 spiro atoms. The second kappa shape index (κ2) is 9.06. The number of carbonyl (C=O) groups excluding carboxylic acids is 3.